The number of amides is 1. The molecule has 6 nitrogen and oxygen atoms in total. The lowest BCUT2D eigenvalue weighted by Crippen LogP contribution is -2.36. The van der Waals surface area contributed by atoms with E-state index in [1.54, 1.807) is 11.8 Å². The number of hydrogen-bond donors (Lipinski definition) is 1. The van der Waals surface area contributed by atoms with Gasteiger partial charge in [0.1, 0.15) is 11.6 Å². The number of ether oxygens (including phenoxy) is 1. The van der Waals surface area contributed by atoms with E-state index < -0.39 is 0 Å². The Morgan fingerprint density at radius 3 is 2.65 bits per heavy atom. The van der Waals surface area contributed by atoms with Gasteiger partial charge < -0.3 is 15.0 Å². The first-order chi connectivity index (χ1) is 9.69. The molecule has 0 aromatic carbocycles. The standard InChI is InChI=1S/C14H21N3O3/c1-2-20-13(18)6-7-16-11-12(10-15)14(19)17-8-4-3-5-9-17/h11,16H,2-9H2,1H3/b12-11-. The molecular weight excluding hydrogens is 258 g/mol. The Balaban J connectivity index is 2.40. The molecule has 0 aliphatic carbocycles. The van der Waals surface area contributed by atoms with Crippen LogP contribution in [0.25, 0.3) is 0 Å². The van der Waals surface area contributed by atoms with E-state index in [0.29, 0.717) is 26.2 Å². The van der Waals surface area contributed by atoms with Gasteiger partial charge in [0.2, 0.25) is 0 Å². The Kier molecular flexibility index (Phi) is 7.18. The van der Waals surface area contributed by atoms with Gasteiger partial charge in [-0.2, -0.15) is 5.26 Å². The lowest BCUT2D eigenvalue weighted by Gasteiger charge is -2.26. The van der Waals surface area contributed by atoms with Crippen molar-refractivity contribution in [1.29, 1.82) is 5.26 Å². The molecule has 1 rings (SSSR count). The van der Waals surface area contributed by atoms with E-state index in [1.807, 2.05) is 6.07 Å². The fourth-order valence-electron chi connectivity index (χ4n) is 1.99. The number of hydrogen-bond acceptors (Lipinski definition) is 5. The fraction of sp³-hybridized carbons (Fsp3) is 0.643. The Morgan fingerprint density at radius 2 is 2.05 bits per heavy atom. The topological polar surface area (TPSA) is 82.4 Å². The summed E-state index contributed by atoms with van der Waals surface area (Å²) in [4.78, 5) is 24.9. The summed E-state index contributed by atoms with van der Waals surface area (Å²) >= 11 is 0. The number of nitrogens with one attached hydrogen (secondary N) is 1. The summed E-state index contributed by atoms with van der Waals surface area (Å²) in [5.41, 5.74) is 0.0794. The van der Waals surface area contributed by atoms with E-state index in [1.165, 1.54) is 6.20 Å². The van der Waals surface area contributed by atoms with E-state index >= 15 is 0 Å². The molecule has 0 saturated carbocycles. The van der Waals surface area contributed by atoms with Crippen LogP contribution in [0.2, 0.25) is 0 Å². The zero-order valence-electron chi connectivity index (χ0n) is 11.9. The third-order valence-electron chi connectivity index (χ3n) is 3.02. The first kappa shape index (κ1) is 16.0. The average Bonchev–Trinajstić information content (AvgIpc) is 2.48. The first-order valence-corrected chi connectivity index (χ1v) is 6.97. The minimum Gasteiger partial charge on any atom is -0.466 e. The van der Waals surface area contributed by atoms with Crippen molar-refractivity contribution in [2.24, 2.45) is 0 Å². The maximum absolute atomic E-state index is 12.1. The molecular formula is C14H21N3O3. The van der Waals surface area contributed by atoms with Crippen LogP contribution in [0.15, 0.2) is 11.8 Å². The highest BCUT2D eigenvalue weighted by atomic mass is 16.5. The van der Waals surface area contributed by atoms with Crippen LogP contribution in [-0.4, -0.2) is 43.0 Å². The third-order valence-corrected chi connectivity index (χ3v) is 3.02. The molecule has 1 heterocycles. The normalized spacial score (nSPS) is 15.4. The van der Waals surface area contributed by atoms with E-state index in [2.05, 4.69) is 5.32 Å². The lowest BCUT2D eigenvalue weighted by molar-refractivity contribution is -0.142. The number of carbonyl (C=O) groups excluding carboxylic acids is 2. The molecule has 20 heavy (non-hydrogen) atoms. The van der Waals surface area contributed by atoms with Crippen LogP contribution in [0.4, 0.5) is 0 Å². The fourth-order valence-corrected chi connectivity index (χ4v) is 1.99. The molecule has 1 N–H and O–H groups in total. The van der Waals surface area contributed by atoms with Gasteiger partial charge in [0.05, 0.1) is 13.0 Å². The van der Waals surface area contributed by atoms with Crippen LogP contribution in [0.5, 0.6) is 0 Å². The highest BCUT2D eigenvalue weighted by Crippen LogP contribution is 2.11. The minimum atomic E-state index is -0.297. The lowest BCUT2D eigenvalue weighted by atomic mass is 10.1. The molecule has 110 valence electrons. The van der Waals surface area contributed by atoms with Gasteiger partial charge in [-0.25, -0.2) is 0 Å². The Hall–Kier alpha value is -2.03. The van der Waals surface area contributed by atoms with Crippen molar-refractivity contribution in [2.45, 2.75) is 32.6 Å². The first-order valence-electron chi connectivity index (χ1n) is 6.97. The van der Waals surface area contributed by atoms with Crippen molar-refractivity contribution in [3.05, 3.63) is 11.8 Å². The Labute approximate surface area is 119 Å². The zero-order chi connectivity index (χ0) is 14.8. The Bertz CT molecular complexity index is 406. The number of nitriles is 1. The van der Waals surface area contributed by atoms with Gasteiger partial charge in [0.25, 0.3) is 5.91 Å². The molecule has 1 aliphatic heterocycles. The second-order valence-electron chi connectivity index (χ2n) is 4.53. The molecule has 0 atom stereocenters. The van der Waals surface area contributed by atoms with E-state index in [0.717, 1.165) is 19.3 Å². The summed E-state index contributed by atoms with van der Waals surface area (Å²) in [5.74, 6) is -0.537. The Morgan fingerprint density at radius 1 is 1.35 bits per heavy atom. The quantitative estimate of drug-likeness (QED) is 0.339. The van der Waals surface area contributed by atoms with E-state index in [4.69, 9.17) is 10.00 Å². The predicted octanol–water partition coefficient (Wildman–Crippen LogP) is 0.949. The number of esters is 1. The van der Waals surface area contributed by atoms with Crippen LogP contribution >= 0.6 is 0 Å². The monoisotopic (exact) mass is 279 g/mol. The van der Waals surface area contributed by atoms with Gasteiger partial charge in [0, 0.05) is 25.8 Å². The number of rotatable bonds is 6. The van der Waals surface area contributed by atoms with Crippen molar-refractivity contribution in [3.63, 3.8) is 0 Å². The maximum atomic E-state index is 12.1. The molecule has 0 aromatic rings. The summed E-state index contributed by atoms with van der Waals surface area (Å²) in [6.07, 6.45) is 4.70. The summed E-state index contributed by atoms with van der Waals surface area (Å²) in [6.45, 7) is 3.86. The number of likely N-dealkylation sites (tertiary alicyclic amines) is 1. The third kappa shape index (κ3) is 5.31. The highest BCUT2D eigenvalue weighted by molar-refractivity contribution is 5.97. The summed E-state index contributed by atoms with van der Waals surface area (Å²) in [7, 11) is 0. The molecule has 0 spiro atoms. The molecule has 1 amide bonds. The van der Waals surface area contributed by atoms with Gasteiger partial charge in [0.15, 0.2) is 0 Å². The molecule has 1 fully saturated rings. The van der Waals surface area contributed by atoms with Gasteiger partial charge >= 0.3 is 5.97 Å². The van der Waals surface area contributed by atoms with Crippen molar-refractivity contribution in [2.75, 3.05) is 26.2 Å². The molecule has 6 heteroatoms. The largest absolute Gasteiger partial charge is 0.466 e. The number of nitrogens with zero attached hydrogens (tertiary/aromatic N) is 2. The smallest absolute Gasteiger partial charge is 0.307 e. The van der Waals surface area contributed by atoms with Crippen LogP contribution in [-0.2, 0) is 14.3 Å². The average molecular weight is 279 g/mol. The summed E-state index contributed by atoms with van der Waals surface area (Å²) in [6, 6.07) is 1.90. The SMILES string of the molecule is CCOC(=O)CCN/C=C(/C#N)C(=O)N1CCCCC1. The van der Waals surface area contributed by atoms with E-state index in [9.17, 15) is 9.59 Å². The summed E-state index contributed by atoms with van der Waals surface area (Å²) in [5, 5.41) is 11.8. The zero-order valence-corrected chi connectivity index (χ0v) is 11.9. The van der Waals surface area contributed by atoms with Crippen molar-refractivity contribution in [1.82, 2.24) is 10.2 Å². The van der Waals surface area contributed by atoms with Gasteiger partial charge in [-0.15, -0.1) is 0 Å². The van der Waals surface area contributed by atoms with Gasteiger partial charge in [-0.05, 0) is 26.2 Å². The van der Waals surface area contributed by atoms with E-state index in [-0.39, 0.29) is 23.9 Å². The van der Waals surface area contributed by atoms with Gasteiger partial charge in [-0.3, -0.25) is 9.59 Å². The second kappa shape index (κ2) is 8.97. The molecule has 0 aromatic heterocycles. The number of piperidine rings is 1. The van der Waals surface area contributed by atoms with Crippen molar-refractivity contribution < 1.29 is 14.3 Å². The molecule has 0 unspecified atom stereocenters. The van der Waals surface area contributed by atoms with Gasteiger partial charge in [-0.1, -0.05) is 0 Å². The van der Waals surface area contributed by atoms with Crippen molar-refractivity contribution >= 4 is 11.9 Å². The number of carbonyl (C=O) groups is 2. The molecule has 0 radical (unpaired) electrons. The van der Waals surface area contributed by atoms with Crippen LogP contribution < -0.4 is 5.32 Å². The van der Waals surface area contributed by atoms with Crippen LogP contribution in [0, 0.1) is 11.3 Å². The maximum Gasteiger partial charge on any atom is 0.307 e. The van der Waals surface area contributed by atoms with Crippen LogP contribution in [0.1, 0.15) is 32.6 Å². The second-order valence-corrected chi connectivity index (χ2v) is 4.53. The minimum absolute atomic E-state index is 0.0794. The molecule has 1 aliphatic rings. The van der Waals surface area contributed by atoms with Crippen LogP contribution in [0.3, 0.4) is 0 Å². The highest BCUT2D eigenvalue weighted by Gasteiger charge is 2.19. The molecule has 1 saturated heterocycles. The molecule has 0 bridgehead atoms. The van der Waals surface area contributed by atoms with Crippen molar-refractivity contribution in [3.8, 4) is 6.07 Å². The predicted molar refractivity (Wildman–Crippen MR) is 73.4 cm³/mol. The summed E-state index contributed by atoms with van der Waals surface area (Å²) < 4.78 is 4.78.